The highest BCUT2D eigenvalue weighted by atomic mass is 16.1. The Labute approximate surface area is 118 Å². The Kier molecular flexibility index (Phi) is 26.8. The largest absolute Gasteiger partial charge is 0.370 e. The molecule has 0 bridgehead atoms. The second-order valence-electron chi connectivity index (χ2n) is 4.18. The van der Waals surface area contributed by atoms with E-state index in [2.05, 4.69) is 19.2 Å². The van der Waals surface area contributed by atoms with Gasteiger partial charge in [0.1, 0.15) is 0 Å². The molecule has 5 nitrogen and oxygen atoms in total. The lowest BCUT2D eigenvalue weighted by Crippen LogP contribution is -2.14. The smallest absolute Gasteiger partial charge is 0.217 e. The summed E-state index contributed by atoms with van der Waals surface area (Å²) in [5, 5.41) is 3.28. The first-order chi connectivity index (χ1) is 8.95. The van der Waals surface area contributed by atoms with Crippen LogP contribution in [0.3, 0.4) is 0 Å². The third-order valence-electron chi connectivity index (χ3n) is 1.85. The summed E-state index contributed by atoms with van der Waals surface area (Å²) >= 11 is 0. The average Bonchev–Trinajstić information content (AvgIpc) is 2.31. The van der Waals surface area contributed by atoms with Crippen molar-refractivity contribution in [1.29, 1.82) is 0 Å². The van der Waals surface area contributed by atoms with Gasteiger partial charge in [0.15, 0.2) is 0 Å². The minimum absolute atomic E-state index is 0.211. The second kappa shape index (κ2) is 22.1. The quantitative estimate of drug-likeness (QED) is 0.590. The van der Waals surface area contributed by atoms with Gasteiger partial charge in [-0.1, -0.05) is 27.7 Å². The van der Waals surface area contributed by atoms with Crippen molar-refractivity contribution in [3.8, 4) is 0 Å². The summed E-state index contributed by atoms with van der Waals surface area (Å²) in [7, 11) is 0. The van der Waals surface area contributed by atoms with Crippen LogP contribution in [0.2, 0.25) is 0 Å². The van der Waals surface area contributed by atoms with Crippen molar-refractivity contribution in [2.45, 2.75) is 66.2 Å². The lowest BCUT2D eigenvalue weighted by molar-refractivity contribution is -0.118. The van der Waals surface area contributed by atoms with Gasteiger partial charge in [0.2, 0.25) is 11.8 Å². The molecule has 0 aromatic heterocycles. The van der Waals surface area contributed by atoms with Crippen molar-refractivity contribution in [3.63, 3.8) is 0 Å². The Balaban J connectivity index is -0.000000203. The van der Waals surface area contributed by atoms with E-state index in [-0.39, 0.29) is 11.8 Å². The molecule has 0 unspecified atom stereocenters. The minimum atomic E-state index is -0.211. The number of hydrogen-bond acceptors (Lipinski definition) is 3. The van der Waals surface area contributed by atoms with Crippen LogP contribution in [0.15, 0.2) is 0 Å². The maximum atomic E-state index is 9.82. The molecule has 0 aliphatic rings. The van der Waals surface area contributed by atoms with Crippen LogP contribution in [0.4, 0.5) is 0 Å². The van der Waals surface area contributed by atoms with E-state index in [9.17, 15) is 9.59 Å². The molecule has 2 amide bonds. The second-order valence-corrected chi connectivity index (χ2v) is 4.18. The van der Waals surface area contributed by atoms with Crippen molar-refractivity contribution in [2.75, 3.05) is 13.1 Å². The zero-order valence-corrected chi connectivity index (χ0v) is 13.1. The summed E-state index contributed by atoms with van der Waals surface area (Å²) < 4.78 is 0. The van der Waals surface area contributed by atoms with E-state index >= 15 is 0 Å². The molecule has 0 heterocycles. The molecule has 0 aliphatic heterocycles. The average molecular weight is 275 g/mol. The van der Waals surface area contributed by atoms with Crippen LogP contribution < -0.4 is 16.8 Å². The molecule has 116 valence electrons. The Hall–Kier alpha value is -1.10. The van der Waals surface area contributed by atoms with E-state index in [0.29, 0.717) is 12.8 Å². The number of nitrogens with one attached hydrogen (secondary N) is 1. The highest BCUT2D eigenvalue weighted by molar-refractivity contribution is 5.73. The van der Waals surface area contributed by atoms with Gasteiger partial charge >= 0.3 is 0 Å². The summed E-state index contributed by atoms with van der Waals surface area (Å²) in [6.45, 7) is 10.6. The summed E-state index contributed by atoms with van der Waals surface area (Å²) in [6, 6.07) is 0. The molecule has 0 rings (SSSR count). The molecule has 0 atom stereocenters. The van der Waals surface area contributed by atoms with Crippen molar-refractivity contribution in [1.82, 2.24) is 5.32 Å². The van der Waals surface area contributed by atoms with Crippen LogP contribution in [-0.2, 0) is 9.59 Å². The van der Waals surface area contributed by atoms with Crippen LogP contribution in [0.25, 0.3) is 0 Å². The third-order valence-corrected chi connectivity index (χ3v) is 1.85. The van der Waals surface area contributed by atoms with E-state index in [4.69, 9.17) is 11.5 Å². The van der Waals surface area contributed by atoms with E-state index in [0.717, 1.165) is 12.8 Å². The van der Waals surface area contributed by atoms with E-state index in [1.54, 1.807) is 0 Å². The van der Waals surface area contributed by atoms with E-state index in [1.807, 2.05) is 13.8 Å². The van der Waals surface area contributed by atoms with Crippen molar-refractivity contribution >= 4 is 11.8 Å². The van der Waals surface area contributed by atoms with Gasteiger partial charge in [-0.2, -0.15) is 0 Å². The normalized spacial score (nSPS) is 8.63. The SMILES string of the molecule is CCCC(N)=O.CCCC(N)=O.CCCNCCC. The van der Waals surface area contributed by atoms with Gasteiger partial charge in [-0.05, 0) is 38.8 Å². The molecule has 0 radical (unpaired) electrons. The predicted octanol–water partition coefficient (Wildman–Crippen LogP) is 1.94. The maximum Gasteiger partial charge on any atom is 0.217 e. The van der Waals surface area contributed by atoms with Crippen LogP contribution in [0.5, 0.6) is 0 Å². The molecule has 0 aromatic rings. The van der Waals surface area contributed by atoms with Crippen molar-refractivity contribution < 1.29 is 9.59 Å². The molecule has 0 aromatic carbocycles. The van der Waals surface area contributed by atoms with Crippen LogP contribution >= 0.6 is 0 Å². The van der Waals surface area contributed by atoms with Crippen molar-refractivity contribution in [3.05, 3.63) is 0 Å². The first-order valence-electron chi connectivity index (χ1n) is 7.23. The number of hydrogen-bond donors (Lipinski definition) is 3. The molecule has 5 N–H and O–H groups in total. The predicted molar refractivity (Wildman–Crippen MR) is 81.7 cm³/mol. The Morgan fingerprint density at radius 3 is 1.16 bits per heavy atom. The Morgan fingerprint density at radius 1 is 0.737 bits per heavy atom. The summed E-state index contributed by atoms with van der Waals surface area (Å²) in [4.78, 5) is 19.6. The van der Waals surface area contributed by atoms with Gasteiger partial charge in [0.05, 0.1) is 0 Å². The fourth-order valence-electron chi connectivity index (χ4n) is 0.971. The van der Waals surface area contributed by atoms with Crippen LogP contribution in [-0.4, -0.2) is 24.9 Å². The maximum absolute atomic E-state index is 9.82. The monoisotopic (exact) mass is 275 g/mol. The molecule has 0 fully saturated rings. The molecule has 0 aliphatic carbocycles. The summed E-state index contributed by atoms with van der Waals surface area (Å²) in [5.41, 5.74) is 9.53. The molecular formula is C14H33N3O2. The standard InChI is InChI=1S/C6H15N.2C4H9NO/c1-3-5-7-6-4-2;2*1-2-3-4(5)6/h7H,3-6H2,1-2H3;2*2-3H2,1H3,(H2,5,6). The fourth-order valence-corrected chi connectivity index (χ4v) is 0.971. The lowest BCUT2D eigenvalue weighted by atomic mass is 10.3. The molecule has 0 spiro atoms. The van der Waals surface area contributed by atoms with Crippen LogP contribution in [0, 0.1) is 0 Å². The number of primary amides is 2. The molecule has 0 saturated heterocycles. The topological polar surface area (TPSA) is 98.2 Å². The van der Waals surface area contributed by atoms with E-state index in [1.165, 1.54) is 25.9 Å². The third kappa shape index (κ3) is 47.4. The first kappa shape index (κ1) is 23.0. The number of rotatable bonds is 8. The fraction of sp³-hybridized carbons (Fsp3) is 0.857. The highest BCUT2D eigenvalue weighted by Crippen LogP contribution is 1.80. The zero-order valence-electron chi connectivity index (χ0n) is 13.1. The molecule has 19 heavy (non-hydrogen) atoms. The summed E-state index contributed by atoms with van der Waals surface area (Å²) in [5.74, 6) is -0.421. The minimum Gasteiger partial charge on any atom is -0.370 e. The Bertz CT molecular complexity index is 177. The van der Waals surface area contributed by atoms with Gasteiger partial charge in [-0.25, -0.2) is 0 Å². The Morgan fingerprint density at radius 2 is 1.05 bits per heavy atom. The lowest BCUT2D eigenvalue weighted by Gasteiger charge is -1.95. The van der Waals surface area contributed by atoms with Gasteiger partial charge in [0.25, 0.3) is 0 Å². The van der Waals surface area contributed by atoms with Gasteiger partial charge in [-0.3, -0.25) is 9.59 Å². The van der Waals surface area contributed by atoms with Crippen molar-refractivity contribution in [2.24, 2.45) is 11.5 Å². The number of carbonyl (C=O) groups excluding carboxylic acids is 2. The van der Waals surface area contributed by atoms with Crippen LogP contribution in [0.1, 0.15) is 66.2 Å². The van der Waals surface area contributed by atoms with Gasteiger partial charge in [-0.15, -0.1) is 0 Å². The first-order valence-corrected chi connectivity index (χ1v) is 7.23. The summed E-state index contributed by atoms with van der Waals surface area (Å²) in [6.07, 6.45) is 5.24. The number of amides is 2. The van der Waals surface area contributed by atoms with Gasteiger partial charge in [0, 0.05) is 12.8 Å². The molecule has 0 saturated carbocycles. The molecular weight excluding hydrogens is 242 g/mol. The van der Waals surface area contributed by atoms with Gasteiger partial charge < -0.3 is 16.8 Å². The number of nitrogens with two attached hydrogens (primary N) is 2. The number of carbonyl (C=O) groups is 2. The zero-order chi connectivity index (χ0) is 15.5. The highest BCUT2D eigenvalue weighted by Gasteiger charge is 1.85. The molecule has 5 heteroatoms. The van der Waals surface area contributed by atoms with E-state index < -0.39 is 0 Å².